The minimum atomic E-state index is -0.449. The highest BCUT2D eigenvalue weighted by molar-refractivity contribution is 5.47. The van der Waals surface area contributed by atoms with Gasteiger partial charge in [0.1, 0.15) is 0 Å². The summed E-state index contributed by atoms with van der Waals surface area (Å²) in [6, 6.07) is 7.52. The molecule has 0 radical (unpaired) electrons. The second-order valence-electron chi connectivity index (χ2n) is 4.02. The van der Waals surface area contributed by atoms with Gasteiger partial charge in [0.25, 0.3) is 0 Å². The summed E-state index contributed by atoms with van der Waals surface area (Å²) in [7, 11) is 0. The van der Waals surface area contributed by atoms with Gasteiger partial charge in [0.15, 0.2) is 0 Å². The van der Waals surface area contributed by atoms with Gasteiger partial charge in [-0.3, -0.25) is 0 Å². The second-order valence-corrected chi connectivity index (χ2v) is 4.02. The Balaban J connectivity index is 2.12. The molecule has 15 heavy (non-hydrogen) atoms. The van der Waals surface area contributed by atoms with Crippen LogP contribution in [-0.2, 0) is 4.74 Å². The van der Waals surface area contributed by atoms with Gasteiger partial charge in [-0.25, -0.2) is 0 Å². The van der Waals surface area contributed by atoms with Gasteiger partial charge in [-0.15, -0.1) is 0 Å². The summed E-state index contributed by atoms with van der Waals surface area (Å²) in [4.78, 5) is 0. The van der Waals surface area contributed by atoms with Crippen molar-refractivity contribution >= 4 is 5.69 Å². The molecule has 1 heterocycles. The van der Waals surface area contributed by atoms with Gasteiger partial charge in [0.05, 0.1) is 6.10 Å². The Bertz CT molecular complexity index is 321. The van der Waals surface area contributed by atoms with Gasteiger partial charge in [0.2, 0.25) is 0 Å². The van der Waals surface area contributed by atoms with Gasteiger partial charge in [-0.1, -0.05) is 18.2 Å². The molecule has 3 heteroatoms. The fourth-order valence-electron chi connectivity index (χ4n) is 2.07. The van der Waals surface area contributed by atoms with E-state index in [1.807, 2.05) is 24.3 Å². The second kappa shape index (κ2) is 4.64. The molecule has 0 amide bonds. The van der Waals surface area contributed by atoms with Gasteiger partial charge in [-0.05, 0) is 24.8 Å². The molecule has 1 atom stereocenters. The number of anilines is 1. The van der Waals surface area contributed by atoms with Crippen LogP contribution in [0.4, 0.5) is 5.69 Å². The van der Waals surface area contributed by atoms with Crippen LogP contribution in [0, 0.1) is 5.92 Å². The molecular formula is C12H17NO2. The number of aliphatic hydroxyl groups excluding tert-OH is 1. The molecule has 1 aliphatic rings. The molecule has 1 fully saturated rings. The van der Waals surface area contributed by atoms with Crippen LogP contribution < -0.4 is 5.73 Å². The SMILES string of the molecule is Nc1ccccc1C(O)C1CCOCC1. The fraction of sp³-hybridized carbons (Fsp3) is 0.500. The zero-order chi connectivity index (χ0) is 10.7. The van der Waals surface area contributed by atoms with Crippen molar-refractivity contribution in [3.8, 4) is 0 Å². The van der Waals surface area contributed by atoms with Crippen LogP contribution in [0.2, 0.25) is 0 Å². The van der Waals surface area contributed by atoms with E-state index in [0.717, 1.165) is 31.6 Å². The molecular weight excluding hydrogens is 190 g/mol. The Hall–Kier alpha value is -1.06. The topological polar surface area (TPSA) is 55.5 Å². The van der Waals surface area contributed by atoms with Crippen molar-refractivity contribution in [2.75, 3.05) is 18.9 Å². The summed E-state index contributed by atoms with van der Waals surface area (Å²) in [5, 5.41) is 10.2. The first-order valence-corrected chi connectivity index (χ1v) is 5.39. The number of ether oxygens (including phenoxy) is 1. The average molecular weight is 207 g/mol. The quantitative estimate of drug-likeness (QED) is 0.726. The lowest BCUT2D eigenvalue weighted by molar-refractivity contribution is 0.00746. The van der Waals surface area contributed by atoms with E-state index in [0.29, 0.717) is 5.69 Å². The first kappa shape index (κ1) is 10.5. The van der Waals surface area contributed by atoms with Crippen molar-refractivity contribution in [1.82, 2.24) is 0 Å². The molecule has 1 aliphatic heterocycles. The molecule has 0 bridgehead atoms. The molecule has 82 valence electrons. The number of rotatable bonds is 2. The number of hydrogen-bond acceptors (Lipinski definition) is 3. The van der Waals surface area contributed by atoms with E-state index in [-0.39, 0.29) is 5.92 Å². The summed E-state index contributed by atoms with van der Waals surface area (Å²) >= 11 is 0. The van der Waals surface area contributed by atoms with E-state index in [1.54, 1.807) is 0 Å². The zero-order valence-corrected chi connectivity index (χ0v) is 8.73. The maximum Gasteiger partial charge on any atom is 0.0839 e. The monoisotopic (exact) mass is 207 g/mol. The first-order valence-electron chi connectivity index (χ1n) is 5.39. The fourth-order valence-corrected chi connectivity index (χ4v) is 2.07. The van der Waals surface area contributed by atoms with E-state index in [4.69, 9.17) is 10.5 Å². The number of aliphatic hydroxyl groups is 1. The maximum absolute atomic E-state index is 10.2. The standard InChI is InChI=1S/C12H17NO2/c13-11-4-2-1-3-10(11)12(14)9-5-7-15-8-6-9/h1-4,9,12,14H,5-8,13H2. The molecule has 3 nitrogen and oxygen atoms in total. The highest BCUT2D eigenvalue weighted by Gasteiger charge is 2.24. The number of nitrogen functional groups attached to an aromatic ring is 1. The third kappa shape index (κ3) is 2.30. The lowest BCUT2D eigenvalue weighted by Crippen LogP contribution is -2.22. The molecule has 1 aromatic carbocycles. The van der Waals surface area contributed by atoms with E-state index < -0.39 is 6.10 Å². The molecule has 1 unspecified atom stereocenters. The van der Waals surface area contributed by atoms with Crippen LogP contribution in [0.15, 0.2) is 24.3 Å². The number of hydrogen-bond donors (Lipinski definition) is 2. The number of nitrogens with two attached hydrogens (primary N) is 1. The lowest BCUT2D eigenvalue weighted by atomic mass is 9.89. The Morgan fingerprint density at radius 3 is 2.60 bits per heavy atom. The van der Waals surface area contributed by atoms with Crippen LogP contribution in [0.5, 0.6) is 0 Å². The lowest BCUT2D eigenvalue weighted by Gasteiger charge is -2.27. The van der Waals surface area contributed by atoms with E-state index in [1.165, 1.54) is 0 Å². The molecule has 0 spiro atoms. The maximum atomic E-state index is 10.2. The number of para-hydroxylation sites is 1. The minimum absolute atomic E-state index is 0.281. The molecule has 0 aromatic heterocycles. The Morgan fingerprint density at radius 1 is 1.27 bits per heavy atom. The van der Waals surface area contributed by atoms with Crippen molar-refractivity contribution in [2.24, 2.45) is 5.92 Å². The van der Waals surface area contributed by atoms with Crippen LogP contribution in [0.3, 0.4) is 0 Å². The number of benzene rings is 1. The predicted octanol–water partition coefficient (Wildman–Crippen LogP) is 1.73. The van der Waals surface area contributed by atoms with E-state index >= 15 is 0 Å². The third-order valence-electron chi connectivity index (χ3n) is 3.03. The molecule has 2 rings (SSSR count). The summed E-state index contributed by atoms with van der Waals surface area (Å²) in [5.41, 5.74) is 7.37. The highest BCUT2D eigenvalue weighted by Crippen LogP contribution is 2.32. The molecule has 1 saturated heterocycles. The van der Waals surface area contributed by atoms with E-state index in [2.05, 4.69) is 0 Å². The normalized spacial score (nSPS) is 20.1. The molecule has 0 aliphatic carbocycles. The van der Waals surface area contributed by atoms with Gasteiger partial charge >= 0.3 is 0 Å². The average Bonchev–Trinajstić information content (AvgIpc) is 2.30. The van der Waals surface area contributed by atoms with Crippen molar-refractivity contribution < 1.29 is 9.84 Å². The van der Waals surface area contributed by atoms with Crippen molar-refractivity contribution in [3.05, 3.63) is 29.8 Å². The predicted molar refractivity (Wildman–Crippen MR) is 59.4 cm³/mol. The minimum Gasteiger partial charge on any atom is -0.398 e. The molecule has 3 N–H and O–H groups in total. The zero-order valence-electron chi connectivity index (χ0n) is 8.73. The summed E-state index contributed by atoms with van der Waals surface area (Å²) in [6.07, 6.45) is 1.38. The third-order valence-corrected chi connectivity index (χ3v) is 3.03. The van der Waals surface area contributed by atoms with Gasteiger partial charge in [-0.2, -0.15) is 0 Å². The smallest absolute Gasteiger partial charge is 0.0839 e. The molecule has 1 aromatic rings. The Labute approximate surface area is 89.9 Å². The molecule has 0 saturated carbocycles. The highest BCUT2D eigenvalue weighted by atomic mass is 16.5. The van der Waals surface area contributed by atoms with Gasteiger partial charge < -0.3 is 15.6 Å². The van der Waals surface area contributed by atoms with Crippen LogP contribution >= 0.6 is 0 Å². The summed E-state index contributed by atoms with van der Waals surface area (Å²) in [6.45, 7) is 1.49. The summed E-state index contributed by atoms with van der Waals surface area (Å²) in [5.74, 6) is 0.281. The van der Waals surface area contributed by atoms with E-state index in [9.17, 15) is 5.11 Å². The Morgan fingerprint density at radius 2 is 1.93 bits per heavy atom. The van der Waals surface area contributed by atoms with Crippen molar-refractivity contribution in [3.63, 3.8) is 0 Å². The van der Waals surface area contributed by atoms with Crippen molar-refractivity contribution in [1.29, 1.82) is 0 Å². The van der Waals surface area contributed by atoms with Crippen molar-refractivity contribution in [2.45, 2.75) is 18.9 Å². The Kier molecular flexibility index (Phi) is 3.23. The van der Waals surface area contributed by atoms with Crippen LogP contribution in [0.1, 0.15) is 24.5 Å². The van der Waals surface area contributed by atoms with Crippen LogP contribution in [-0.4, -0.2) is 18.3 Å². The van der Waals surface area contributed by atoms with Crippen LogP contribution in [0.25, 0.3) is 0 Å². The van der Waals surface area contributed by atoms with Gasteiger partial charge in [0, 0.05) is 24.5 Å². The summed E-state index contributed by atoms with van der Waals surface area (Å²) < 4.78 is 5.27. The largest absolute Gasteiger partial charge is 0.398 e. The first-order chi connectivity index (χ1) is 7.29.